The molecule has 1 N–H and O–H groups in total. The van der Waals surface area contributed by atoms with E-state index in [0.29, 0.717) is 6.04 Å². The van der Waals surface area contributed by atoms with E-state index in [2.05, 4.69) is 43.2 Å². The van der Waals surface area contributed by atoms with Gasteiger partial charge < -0.3 is 10.2 Å². The average Bonchev–Trinajstić information content (AvgIpc) is 2.38. The zero-order valence-corrected chi connectivity index (χ0v) is 12.5. The highest BCUT2D eigenvalue weighted by atomic mass is 79.9. The van der Waals surface area contributed by atoms with Gasteiger partial charge in [0.2, 0.25) is 0 Å². The van der Waals surface area contributed by atoms with Crippen LogP contribution in [-0.2, 0) is 0 Å². The maximum Gasteiger partial charge on any atom is 0.112 e. The average molecular weight is 321 g/mol. The quantitative estimate of drug-likeness (QED) is 0.923. The van der Waals surface area contributed by atoms with Crippen LogP contribution in [0.25, 0.3) is 11.0 Å². The second-order valence-electron chi connectivity index (χ2n) is 5.13. The predicted octanol–water partition coefficient (Wildman–Crippen LogP) is 2.90. The number of nitrogens with zero attached hydrogens (tertiary/aromatic N) is 3. The number of fused-ring (bicyclic) bond motifs is 1. The van der Waals surface area contributed by atoms with Crippen LogP contribution in [0, 0.1) is 0 Å². The van der Waals surface area contributed by atoms with Crippen LogP contribution in [-0.4, -0.2) is 41.0 Å². The summed E-state index contributed by atoms with van der Waals surface area (Å²) < 4.78 is 0.960. The molecule has 3 rings (SSSR count). The molecule has 100 valence electrons. The third kappa shape index (κ3) is 2.87. The number of anilines is 1. The van der Waals surface area contributed by atoms with Crippen LogP contribution in [0.5, 0.6) is 0 Å². The standard InChI is InChI=1S/C14H17BrN4/c1-19-6-2-3-11(9-19)18-12-4-5-16-13-7-10(15)8-17-14(12)13/h4-5,7-8,11H,2-3,6,9H2,1H3,(H,16,18). The first kappa shape index (κ1) is 12.8. The van der Waals surface area contributed by atoms with E-state index in [1.54, 1.807) is 0 Å². The molecule has 4 nitrogen and oxygen atoms in total. The normalized spacial score (nSPS) is 20.6. The van der Waals surface area contributed by atoms with Crippen molar-refractivity contribution in [2.45, 2.75) is 18.9 Å². The Morgan fingerprint density at radius 1 is 1.42 bits per heavy atom. The van der Waals surface area contributed by atoms with Gasteiger partial charge in [-0.15, -0.1) is 0 Å². The lowest BCUT2D eigenvalue weighted by Crippen LogP contribution is -2.39. The number of likely N-dealkylation sites (N-methyl/N-ethyl adjacent to an activating group) is 1. The highest BCUT2D eigenvalue weighted by Crippen LogP contribution is 2.24. The largest absolute Gasteiger partial charge is 0.379 e. The maximum atomic E-state index is 4.48. The number of pyridine rings is 2. The van der Waals surface area contributed by atoms with E-state index in [1.165, 1.54) is 19.4 Å². The van der Waals surface area contributed by atoms with Gasteiger partial charge in [0, 0.05) is 29.5 Å². The summed E-state index contributed by atoms with van der Waals surface area (Å²) in [5.74, 6) is 0. The van der Waals surface area contributed by atoms with E-state index in [0.717, 1.165) is 27.7 Å². The summed E-state index contributed by atoms with van der Waals surface area (Å²) in [5, 5.41) is 3.61. The van der Waals surface area contributed by atoms with E-state index in [-0.39, 0.29) is 0 Å². The number of nitrogens with one attached hydrogen (secondary N) is 1. The third-order valence-corrected chi connectivity index (χ3v) is 3.96. The van der Waals surface area contributed by atoms with Gasteiger partial charge in [-0.3, -0.25) is 9.97 Å². The van der Waals surface area contributed by atoms with Crippen molar-refractivity contribution >= 4 is 32.7 Å². The smallest absolute Gasteiger partial charge is 0.112 e. The van der Waals surface area contributed by atoms with E-state index in [9.17, 15) is 0 Å². The molecule has 1 saturated heterocycles. The van der Waals surface area contributed by atoms with Gasteiger partial charge in [-0.25, -0.2) is 0 Å². The Hall–Kier alpha value is -1.20. The minimum absolute atomic E-state index is 0.495. The van der Waals surface area contributed by atoms with Crippen molar-refractivity contribution in [1.29, 1.82) is 0 Å². The van der Waals surface area contributed by atoms with E-state index in [1.807, 2.05) is 24.5 Å². The van der Waals surface area contributed by atoms with Crippen molar-refractivity contribution in [3.8, 4) is 0 Å². The molecule has 0 spiro atoms. The Morgan fingerprint density at radius 2 is 2.32 bits per heavy atom. The molecule has 3 heterocycles. The molecule has 19 heavy (non-hydrogen) atoms. The van der Waals surface area contributed by atoms with Crippen LogP contribution in [0.15, 0.2) is 29.0 Å². The van der Waals surface area contributed by atoms with Crippen molar-refractivity contribution in [2.75, 3.05) is 25.5 Å². The second kappa shape index (κ2) is 5.43. The SMILES string of the molecule is CN1CCCC(Nc2ccnc3cc(Br)cnc23)C1. The molecule has 1 fully saturated rings. The molecule has 0 amide bonds. The number of halogens is 1. The van der Waals surface area contributed by atoms with Gasteiger partial charge in [-0.2, -0.15) is 0 Å². The Kier molecular flexibility index (Phi) is 3.66. The first-order chi connectivity index (χ1) is 9.22. The minimum atomic E-state index is 0.495. The minimum Gasteiger partial charge on any atom is -0.379 e. The lowest BCUT2D eigenvalue weighted by molar-refractivity contribution is 0.261. The summed E-state index contributed by atoms with van der Waals surface area (Å²) in [6, 6.07) is 4.51. The van der Waals surface area contributed by atoms with Gasteiger partial charge in [0.15, 0.2) is 0 Å². The van der Waals surface area contributed by atoms with Crippen LogP contribution in [0.1, 0.15) is 12.8 Å². The molecule has 1 unspecified atom stereocenters. The fraction of sp³-hybridized carbons (Fsp3) is 0.429. The highest BCUT2D eigenvalue weighted by molar-refractivity contribution is 9.10. The van der Waals surface area contributed by atoms with Gasteiger partial charge in [0.05, 0.1) is 11.2 Å². The lowest BCUT2D eigenvalue weighted by atomic mass is 10.1. The highest BCUT2D eigenvalue weighted by Gasteiger charge is 2.17. The van der Waals surface area contributed by atoms with E-state index >= 15 is 0 Å². The van der Waals surface area contributed by atoms with Gasteiger partial charge in [0.25, 0.3) is 0 Å². The second-order valence-corrected chi connectivity index (χ2v) is 6.04. The molecule has 0 aliphatic carbocycles. The van der Waals surface area contributed by atoms with Crippen LogP contribution in [0.2, 0.25) is 0 Å². The summed E-state index contributed by atoms with van der Waals surface area (Å²) in [7, 11) is 2.17. The molecule has 0 aromatic carbocycles. The van der Waals surface area contributed by atoms with Crippen molar-refractivity contribution in [3.63, 3.8) is 0 Å². The molecular weight excluding hydrogens is 304 g/mol. The molecule has 1 atom stereocenters. The number of aromatic nitrogens is 2. The van der Waals surface area contributed by atoms with Crippen LogP contribution < -0.4 is 5.32 Å². The van der Waals surface area contributed by atoms with Crippen molar-refractivity contribution in [2.24, 2.45) is 0 Å². The Labute approximate surface area is 121 Å². The topological polar surface area (TPSA) is 41.0 Å². The monoisotopic (exact) mass is 320 g/mol. The number of hydrogen-bond acceptors (Lipinski definition) is 4. The maximum absolute atomic E-state index is 4.48. The zero-order chi connectivity index (χ0) is 13.2. The fourth-order valence-electron chi connectivity index (χ4n) is 2.63. The Bertz CT molecular complexity index is 587. The van der Waals surface area contributed by atoms with Crippen LogP contribution in [0.4, 0.5) is 5.69 Å². The molecule has 0 radical (unpaired) electrons. The van der Waals surface area contributed by atoms with Crippen molar-refractivity contribution < 1.29 is 0 Å². The van der Waals surface area contributed by atoms with Crippen molar-refractivity contribution in [1.82, 2.24) is 14.9 Å². The molecule has 2 aromatic rings. The number of piperidine rings is 1. The first-order valence-electron chi connectivity index (χ1n) is 6.58. The Balaban J connectivity index is 1.88. The number of hydrogen-bond donors (Lipinski definition) is 1. The first-order valence-corrected chi connectivity index (χ1v) is 7.37. The number of rotatable bonds is 2. The van der Waals surface area contributed by atoms with Gasteiger partial charge >= 0.3 is 0 Å². The molecule has 5 heteroatoms. The van der Waals surface area contributed by atoms with Gasteiger partial charge in [-0.1, -0.05) is 0 Å². The fourth-order valence-corrected chi connectivity index (χ4v) is 2.95. The van der Waals surface area contributed by atoms with Gasteiger partial charge in [0.1, 0.15) is 5.52 Å². The van der Waals surface area contributed by atoms with E-state index in [4.69, 9.17) is 0 Å². The summed E-state index contributed by atoms with van der Waals surface area (Å²) in [6.45, 7) is 2.28. The van der Waals surface area contributed by atoms with Crippen molar-refractivity contribution in [3.05, 3.63) is 29.0 Å². The molecule has 0 saturated carbocycles. The Morgan fingerprint density at radius 3 is 3.16 bits per heavy atom. The summed E-state index contributed by atoms with van der Waals surface area (Å²) in [6.07, 6.45) is 6.12. The molecule has 2 aromatic heterocycles. The molecule has 0 bridgehead atoms. The molecule has 1 aliphatic rings. The van der Waals surface area contributed by atoms with Crippen LogP contribution >= 0.6 is 15.9 Å². The number of likely N-dealkylation sites (tertiary alicyclic amines) is 1. The van der Waals surface area contributed by atoms with E-state index < -0.39 is 0 Å². The zero-order valence-electron chi connectivity index (χ0n) is 10.9. The summed E-state index contributed by atoms with van der Waals surface area (Å²) >= 11 is 3.43. The molecular formula is C14H17BrN4. The van der Waals surface area contributed by atoms with Crippen LogP contribution in [0.3, 0.4) is 0 Å². The predicted molar refractivity (Wildman–Crippen MR) is 81.4 cm³/mol. The summed E-state index contributed by atoms with van der Waals surface area (Å²) in [5.41, 5.74) is 2.94. The lowest BCUT2D eigenvalue weighted by Gasteiger charge is -2.31. The third-order valence-electron chi connectivity index (χ3n) is 3.53. The molecule has 1 aliphatic heterocycles. The summed E-state index contributed by atoms with van der Waals surface area (Å²) in [4.78, 5) is 11.2. The van der Waals surface area contributed by atoms with Gasteiger partial charge in [-0.05, 0) is 54.5 Å².